The number of esters is 1. The van der Waals surface area contributed by atoms with Crippen LogP contribution < -0.4 is 5.73 Å². The van der Waals surface area contributed by atoms with Crippen molar-refractivity contribution in [3.05, 3.63) is 17.6 Å². The lowest BCUT2D eigenvalue weighted by Crippen LogP contribution is -2.02. The second-order valence-corrected chi connectivity index (χ2v) is 2.13. The van der Waals surface area contributed by atoms with Crippen LogP contribution in [0.25, 0.3) is 0 Å². The lowest BCUT2D eigenvalue weighted by atomic mass is 10.4. The first-order chi connectivity index (χ1) is 5.15. The maximum Gasteiger partial charge on any atom is 0.376 e. The Hall–Kier alpha value is -1.45. The van der Waals surface area contributed by atoms with Gasteiger partial charge >= 0.3 is 5.97 Å². The molecule has 1 aromatic rings. The molecule has 60 valence electrons. The average molecular weight is 155 g/mol. The average Bonchev–Trinajstić information content (AvgIpc) is 2.28. The third-order valence-corrected chi connectivity index (χ3v) is 1.25. The van der Waals surface area contributed by atoms with Gasteiger partial charge in [-0.25, -0.2) is 4.79 Å². The summed E-state index contributed by atoms with van der Waals surface area (Å²) in [5, 5.41) is 0. The van der Waals surface area contributed by atoms with Crippen LogP contribution in [0.3, 0.4) is 0 Å². The molecule has 2 N–H and O–H groups in total. The van der Waals surface area contributed by atoms with E-state index >= 15 is 0 Å². The Balaban J connectivity index is 3.03. The van der Waals surface area contributed by atoms with Crippen LogP contribution in [0.1, 0.15) is 16.3 Å². The van der Waals surface area contributed by atoms with Gasteiger partial charge in [0, 0.05) is 6.07 Å². The Morgan fingerprint density at radius 1 is 1.73 bits per heavy atom. The van der Waals surface area contributed by atoms with Crippen LogP contribution >= 0.6 is 0 Å². The summed E-state index contributed by atoms with van der Waals surface area (Å²) in [5.41, 5.74) is 5.74. The molecule has 1 heterocycles. The molecule has 0 amide bonds. The van der Waals surface area contributed by atoms with E-state index in [9.17, 15) is 4.79 Å². The minimum Gasteiger partial charge on any atom is -0.463 e. The molecule has 0 saturated carbocycles. The second kappa shape index (κ2) is 2.65. The van der Waals surface area contributed by atoms with E-state index in [2.05, 4.69) is 4.74 Å². The van der Waals surface area contributed by atoms with Crippen LogP contribution in [0.4, 0.5) is 5.69 Å². The Labute approximate surface area is 63.9 Å². The number of carbonyl (C=O) groups is 1. The third kappa shape index (κ3) is 1.34. The highest BCUT2D eigenvalue weighted by atomic mass is 16.5. The van der Waals surface area contributed by atoms with E-state index in [4.69, 9.17) is 10.2 Å². The van der Waals surface area contributed by atoms with Crippen LogP contribution in [-0.4, -0.2) is 13.1 Å². The van der Waals surface area contributed by atoms with Crippen LogP contribution in [0.2, 0.25) is 0 Å². The number of carbonyl (C=O) groups excluding carboxylic acids is 1. The fourth-order valence-corrected chi connectivity index (χ4v) is 0.786. The molecule has 4 nitrogen and oxygen atoms in total. The molecular weight excluding hydrogens is 146 g/mol. The number of aryl methyl sites for hydroxylation is 1. The monoisotopic (exact) mass is 155 g/mol. The molecule has 1 rings (SSSR count). The fourth-order valence-electron chi connectivity index (χ4n) is 0.786. The van der Waals surface area contributed by atoms with E-state index in [1.807, 2.05) is 0 Å². The molecule has 0 fully saturated rings. The van der Waals surface area contributed by atoms with Crippen LogP contribution in [0.15, 0.2) is 10.5 Å². The van der Waals surface area contributed by atoms with Crippen molar-refractivity contribution in [3.63, 3.8) is 0 Å². The Morgan fingerprint density at radius 2 is 2.36 bits per heavy atom. The highest BCUT2D eigenvalue weighted by Gasteiger charge is 2.14. The zero-order valence-corrected chi connectivity index (χ0v) is 6.38. The van der Waals surface area contributed by atoms with Gasteiger partial charge in [-0.2, -0.15) is 0 Å². The van der Waals surface area contributed by atoms with Gasteiger partial charge in [0.15, 0.2) is 0 Å². The first-order valence-electron chi connectivity index (χ1n) is 3.09. The van der Waals surface area contributed by atoms with E-state index in [-0.39, 0.29) is 5.76 Å². The lowest BCUT2D eigenvalue weighted by molar-refractivity contribution is 0.0565. The molecule has 0 saturated heterocycles. The number of ether oxygens (including phenoxy) is 1. The minimum atomic E-state index is -0.546. The molecule has 0 spiro atoms. The maximum atomic E-state index is 10.9. The summed E-state index contributed by atoms with van der Waals surface area (Å²) in [7, 11) is 1.28. The van der Waals surface area contributed by atoms with Crippen LogP contribution in [0.5, 0.6) is 0 Å². The number of anilines is 1. The normalized spacial score (nSPS) is 9.64. The molecule has 0 radical (unpaired) electrons. The van der Waals surface area contributed by atoms with E-state index in [0.29, 0.717) is 11.4 Å². The van der Waals surface area contributed by atoms with E-state index in [1.54, 1.807) is 13.0 Å². The van der Waals surface area contributed by atoms with Crippen molar-refractivity contribution in [1.29, 1.82) is 0 Å². The summed E-state index contributed by atoms with van der Waals surface area (Å²) in [6.07, 6.45) is 0. The Morgan fingerprint density at radius 3 is 2.73 bits per heavy atom. The maximum absolute atomic E-state index is 10.9. The lowest BCUT2D eigenvalue weighted by Gasteiger charge is -1.93. The predicted molar refractivity (Wildman–Crippen MR) is 39.2 cm³/mol. The molecule has 0 aromatic carbocycles. The van der Waals surface area contributed by atoms with Crippen molar-refractivity contribution in [2.45, 2.75) is 6.92 Å². The van der Waals surface area contributed by atoms with Gasteiger partial charge in [0.25, 0.3) is 0 Å². The van der Waals surface area contributed by atoms with E-state index < -0.39 is 5.97 Å². The number of furan rings is 1. The van der Waals surface area contributed by atoms with Crippen LogP contribution in [-0.2, 0) is 4.74 Å². The molecule has 4 heteroatoms. The summed E-state index contributed by atoms with van der Waals surface area (Å²) < 4.78 is 9.39. The van der Waals surface area contributed by atoms with E-state index in [0.717, 1.165) is 0 Å². The number of hydrogen-bond donors (Lipinski definition) is 1. The number of methoxy groups -OCH3 is 1. The van der Waals surface area contributed by atoms with Crippen molar-refractivity contribution in [1.82, 2.24) is 0 Å². The predicted octanol–water partition coefficient (Wildman–Crippen LogP) is 0.957. The van der Waals surface area contributed by atoms with Gasteiger partial charge < -0.3 is 14.9 Å². The minimum absolute atomic E-state index is 0.0741. The Kier molecular flexibility index (Phi) is 1.85. The quantitative estimate of drug-likeness (QED) is 0.613. The van der Waals surface area contributed by atoms with Gasteiger partial charge in [0.2, 0.25) is 5.76 Å². The smallest absolute Gasteiger partial charge is 0.376 e. The van der Waals surface area contributed by atoms with Gasteiger partial charge in [-0.15, -0.1) is 0 Å². The number of rotatable bonds is 1. The highest BCUT2D eigenvalue weighted by molar-refractivity contribution is 5.91. The van der Waals surface area contributed by atoms with Crippen molar-refractivity contribution in [2.24, 2.45) is 0 Å². The van der Waals surface area contributed by atoms with Gasteiger partial charge in [0.1, 0.15) is 5.76 Å². The zero-order chi connectivity index (χ0) is 8.43. The van der Waals surface area contributed by atoms with Crippen molar-refractivity contribution in [3.8, 4) is 0 Å². The first kappa shape index (κ1) is 7.65. The fraction of sp³-hybridized carbons (Fsp3) is 0.286. The summed E-state index contributed by atoms with van der Waals surface area (Å²) in [6.45, 7) is 1.71. The largest absolute Gasteiger partial charge is 0.463 e. The molecule has 0 aliphatic carbocycles. The molecular formula is C7H9NO3. The number of hydrogen-bond acceptors (Lipinski definition) is 4. The van der Waals surface area contributed by atoms with Crippen molar-refractivity contribution in [2.75, 3.05) is 12.8 Å². The second-order valence-electron chi connectivity index (χ2n) is 2.13. The molecule has 1 aromatic heterocycles. The molecule has 0 aliphatic rings. The number of nitrogen functional groups attached to an aromatic ring is 1. The van der Waals surface area contributed by atoms with Gasteiger partial charge in [-0.05, 0) is 6.92 Å². The van der Waals surface area contributed by atoms with Crippen molar-refractivity contribution < 1.29 is 13.9 Å². The standard InChI is InChI=1S/C7H9NO3/c1-4-3-5(8)6(11-4)7(9)10-2/h3H,8H2,1-2H3. The summed E-state index contributed by atoms with van der Waals surface area (Å²) >= 11 is 0. The summed E-state index contributed by atoms with van der Waals surface area (Å²) in [4.78, 5) is 10.9. The van der Waals surface area contributed by atoms with Crippen LogP contribution in [0, 0.1) is 6.92 Å². The van der Waals surface area contributed by atoms with Gasteiger partial charge in [0.05, 0.1) is 12.8 Å². The molecule has 11 heavy (non-hydrogen) atoms. The molecule has 0 bridgehead atoms. The third-order valence-electron chi connectivity index (χ3n) is 1.25. The highest BCUT2D eigenvalue weighted by Crippen LogP contribution is 2.17. The summed E-state index contributed by atoms with van der Waals surface area (Å²) in [5.74, 6) is 0.128. The Bertz CT molecular complexity index is 277. The van der Waals surface area contributed by atoms with Gasteiger partial charge in [-0.1, -0.05) is 0 Å². The molecule has 0 unspecified atom stereocenters. The molecule has 0 atom stereocenters. The summed E-state index contributed by atoms with van der Waals surface area (Å²) in [6, 6.07) is 1.58. The van der Waals surface area contributed by atoms with Gasteiger partial charge in [-0.3, -0.25) is 0 Å². The topological polar surface area (TPSA) is 65.5 Å². The number of nitrogens with two attached hydrogens (primary N) is 1. The SMILES string of the molecule is COC(=O)c1oc(C)cc1N. The first-order valence-corrected chi connectivity index (χ1v) is 3.09. The van der Waals surface area contributed by atoms with E-state index in [1.165, 1.54) is 7.11 Å². The van der Waals surface area contributed by atoms with Crippen molar-refractivity contribution >= 4 is 11.7 Å². The zero-order valence-electron chi connectivity index (χ0n) is 6.38. The molecule has 0 aliphatic heterocycles.